The van der Waals surface area contributed by atoms with Crippen molar-refractivity contribution in [2.24, 2.45) is 0 Å². The van der Waals surface area contributed by atoms with Crippen LogP contribution in [-0.4, -0.2) is 46.4 Å². The Balaban J connectivity index is 1.86. The Morgan fingerprint density at radius 2 is 1.72 bits per heavy atom. The Morgan fingerprint density at radius 1 is 1.07 bits per heavy atom. The van der Waals surface area contributed by atoms with Gasteiger partial charge in [0.15, 0.2) is 9.84 Å². The number of rotatable bonds is 5. The van der Waals surface area contributed by atoms with Gasteiger partial charge in [-0.3, -0.25) is 4.79 Å². The zero-order chi connectivity index (χ0) is 21.1. The Hall–Kier alpha value is -2.59. The number of halogens is 3. The number of morpholine rings is 1. The summed E-state index contributed by atoms with van der Waals surface area (Å²) in [5.41, 5.74) is -0.641. The third-order valence-corrected chi connectivity index (χ3v) is 6.01. The van der Waals surface area contributed by atoms with E-state index >= 15 is 0 Å². The highest BCUT2D eigenvalue weighted by Crippen LogP contribution is 2.35. The maximum absolute atomic E-state index is 13.1. The molecule has 2 aromatic carbocycles. The lowest BCUT2D eigenvalue weighted by Crippen LogP contribution is -2.37. The van der Waals surface area contributed by atoms with Crippen LogP contribution >= 0.6 is 0 Å². The van der Waals surface area contributed by atoms with E-state index in [1.807, 2.05) is 0 Å². The molecule has 29 heavy (non-hydrogen) atoms. The minimum atomic E-state index is -4.60. The van der Waals surface area contributed by atoms with Gasteiger partial charge in [0, 0.05) is 13.1 Å². The fourth-order valence-corrected chi connectivity index (χ4v) is 4.12. The van der Waals surface area contributed by atoms with Gasteiger partial charge in [-0.05, 0) is 30.3 Å². The van der Waals surface area contributed by atoms with Crippen LogP contribution in [0.15, 0.2) is 53.4 Å². The van der Waals surface area contributed by atoms with Crippen molar-refractivity contribution in [3.63, 3.8) is 0 Å². The summed E-state index contributed by atoms with van der Waals surface area (Å²) in [5, 5.41) is 2.35. The highest BCUT2D eigenvalue weighted by Gasteiger charge is 2.32. The Morgan fingerprint density at radius 3 is 2.34 bits per heavy atom. The summed E-state index contributed by atoms with van der Waals surface area (Å²) in [4.78, 5) is 14.1. The second-order valence-corrected chi connectivity index (χ2v) is 8.44. The first kappa shape index (κ1) is 21.1. The largest absolute Gasteiger partial charge is 0.416 e. The van der Waals surface area contributed by atoms with Crippen LogP contribution in [0.3, 0.4) is 0 Å². The fraction of sp³-hybridized carbons (Fsp3) is 0.316. The van der Waals surface area contributed by atoms with Crippen molar-refractivity contribution in [3.05, 3.63) is 54.1 Å². The van der Waals surface area contributed by atoms with Gasteiger partial charge in [-0.25, -0.2) is 8.42 Å². The van der Waals surface area contributed by atoms with E-state index in [4.69, 9.17) is 4.74 Å². The normalized spacial score (nSPS) is 15.2. The van der Waals surface area contributed by atoms with Gasteiger partial charge in [0.2, 0.25) is 5.91 Å². The van der Waals surface area contributed by atoms with E-state index in [0.29, 0.717) is 32.0 Å². The van der Waals surface area contributed by atoms with Gasteiger partial charge in [0.25, 0.3) is 0 Å². The summed E-state index contributed by atoms with van der Waals surface area (Å²) in [6.45, 7) is 1.68. The number of benzene rings is 2. The first-order valence-electron chi connectivity index (χ1n) is 8.78. The number of carbonyl (C=O) groups excluding carboxylic acids is 1. The van der Waals surface area contributed by atoms with Crippen molar-refractivity contribution in [2.45, 2.75) is 11.1 Å². The monoisotopic (exact) mass is 428 g/mol. The zero-order valence-corrected chi connectivity index (χ0v) is 16.1. The number of amides is 1. The van der Waals surface area contributed by atoms with Crippen LogP contribution in [0.25, 0.3) is 0 Å². The predicted molar refractivity (Wildman–Crippen MR) is 102 cm³/mol. The van der Waals surface area contributed by atoms with E-state index in [1.54, 1.807) is 11.0 Å². The van der Waals surface area contributed by atoms with E-state index in [2.05, 4.69) is 5.32 Å². The van der Waals surface area contributed by atoms with Gasteiger partial charge < -0.3 is 15.0 Å². The highest BCUT2D eigenvalue weighted by atomic mass is 32.2. The summed E-state index contributed by atoms with van der Waals surface area (Å²) in [7, 11) is -3.92. The summed E-state index contributed by atoms with van der Waals surface area (Å²) in [5.74, 6) is -1.79. The third kappa shape index (κ3) is 5.27. The molecule has 0 unspecified atom stereocenters. The molecule has 1 N–H and O–H groups in total. The molecule has 10 heteroatoms. The molecule has 1 aliphatic heterocycles. The second kappa shape index (κ2) is 8.42. The molecule has 0 saturated carbocycles. The quantitative estimate of drug-likeness (QED) is 0.793. The van der Waals surface area contributed by atoms with Crippen molar-refractivity contribution < 1.29 is 31.1 Å². The lowest BCUT2D eigenvalue weighted by Gasteiger charge is -2.31. The Kier molecular flexibility index (Phi) is 6.13. The SMILES string of the molecule is O=C(CS(=O)(=O)c1ccccc1)Nc1cc(C(F)(F)F)ccc1N1CCOCC1. The predicted octanol–water partition coefficient (Wildman–Crippen LogP) is 2.95. The van der Waals surface area contributed by atoms with Crippen molar-refractivity contribution >= 4 is 27.1 Å². The zero-order valence-electron chi connectivity index (χ0n) is 15.3. The Bertz CT molecular complexity index is 973. The molecular weight excluding hydrogens is 409 g/mol. The molecule has 0 spiro atoms. The average Bonchev–Trinajstić information content (AvgIpc) is 2.68. The van der Waals surface area contributed by atoms with Gasteiger partial charge in [0.05, 0.1) is 35.0 Å². The van der Waals surface area contributed by atoms with Crippen molar-refractivity contribution in [1.82, 2.24) is 0 Å². The van der Waals surface area contributed by atoms with Gasteiger partial charge in [-0.15, -0.1) is 0 Å². The van der Waals surface area contributed by atoms with Crippen molar-refractivity contribution in [2.75, 3.05) is 42.3 Å². The topological polar surface area (TPSA) is 75.7 Å². The highest BCUT2D eigenvalue weighted by molar-refractivity contribution is 7.92. The fourth-order valence-electron chi connectivity index (χ4n) is 2.96. The molecule has 1 aliphatic rings. The molecule has 1 fully saturated rings. The maximum Gasteiger partial charge on any atom is 0.416 e. The second-order valence-electron chi connectivity index (χ2n) is 6.45. The van der Waals surface area contributed by atoms with Crippen LogP contribution in [0.4, 0.5) is 24.5 Å². The molecule has 156 valence electrons. The van der Waals surface area contributed by atoms with Crippen LogP contribution in [0.2, 0.25) is 0 Å². The first-order valence-corrected chi connectivity index (χ1v) is 10.4. The number of carbonyl (C=O) groups is 1. The number of nitrogens with zero attached hydrogens (tertiary/aromatic N) is 1. The molecule has 0 atom stereocenters. The summed E-state index contributed by atoms with van der Waals surface area (Å²) >= 11 is 0. The molecule has 0 aromatic heterocycles. The number of ether oxygens (including phenoxy) is 1. The van der Waals surface area contributed by atoms with Crippen LogP contribution in [-0.2, 0) is 25.5 Å². The van der Waals surface area contributed by atoms with Gasteiger partial charge in [-0.2, -0.15) is 13.2 Å². The molecule has 2 aromatic rings. The number of anilines is 2. The number of alkyl halides is 3. The lowest BCUT2D eigenvalue weighted by atomic mass is 10.1. The standard InChI is InChI=1S/C19H19F3N2O4S/c20-19(21,22)14-6-7-17(24-8-10-28-11-9-24)16(12-14)23-18(25)13-29(26,27)15-4-2-1-3-5-15/h1-7,12H,8-11,13H2,(H,23,25). The van der Waals surface area contributed by atoms with Gasteiger partial charge >= 0.3 is 6.18 Å². The molecule has 1 saturated heterocycles. The van der Waals surface area contributed by atoms with Crippen LogP contribution < -0.4 is 10.2 Å². The third-order valence-electron chi connectivity index (χ3n) is 4.37. The summed E-state index contributed by atoms with van der Waals surface area (Å²) < 4.78 is 69.4. The van der Waals surface area contributed by atoms with Crippen LogP contribution in [0.1, 0.15) is 5.56 Å². The molecule has 0 aliphatic carbocycles. The molecule has 1 amide bonds. The summed E-state index contributed by atoms with van der Waals surface area (Å²) in [6, 6.07) is 10.4. The molecule has 3 rings (SSSR count). The van der Waals surface area contributed by atoms with E-state index in [0.717, 1.165) is 12.1 Å². The molecular formula is C19H19F3N2O4S. The summed E-state index contributed by atoms with van der Waals surface area (Å²) in [6.07, 6.45) is -4.60. The molecule has 0 bridgehead atoms. The van der Waals surface area contributed by atoms with E-state index in [9.17, 15) is 26.4 Å². The van der Waals surface area contributed by atoms with E-state index in [1.165, 1.54) is 30.3 Å². The lowest BCUT2D eigenvalue weighted by molar-refractivity contribution is -0.137. The van der Waals surface area contributed by atoms with Gasteiger partial charge in [0.1, 0.15) is 5.75 Å². The number of hydrogen-bond donors (Lipinski definition) is 1. The molecule has 0 radical (unpaired) electrons. The Labute approximate surface area is 166 Å². The number of nitrogens with one attached hydrogen (secondary N) is 1. The van der Waals surface area contributed by atoms with Crippen LogP contribution in [0, 0.1) is 0 Å². The van der Waals surface area contributed by atoms with E-state index < -0.39 is 33.2 Å². The minimum Gasteiger partial charge on any atom is -0.378 e. The smallest absolute Gasteiger partial charge is 0.378 e. The van der Waals surface area contributed by atoms with Gasteiger partial charge in [-0.1, -0.05) is 18.2 Å². The average molecular weight is 428 g/mol. The molecule has 1 heterocycles. The van der Waals surface area contributed by atoms with Crippen LogP contribution in [0.5, 0.6) is 0 Å². The maximum atomic E-state index is 13.1. The minimum absolute atomic E-state index is 0.0346. The van der Waals surface area contributed by atoms with Crippen molar-refractivity contribution in [3.8, 4) is 0 Å². The van der Waals surface area contributed by atoms with E-state index in [-0.39, 0.29) is 10.6 Å². The number of hydrogen-bond acceptors (Lipinski definition) is 5. The first-order chi connectivity index (χ1) is 13.7. The van der Waals surface area contributed by atoms with Crippen molar-refractivity contribution in [1.29, 1.82) is 0 Å². The molecule has 6 nitrogen and oxygen atoms in total. The number of sulfone groups is 1.